The van der Waals surface area contributed by atoms with E-state index in [9.17, 15) is 9.59 Å². The average molecular weight is 384 g/mol. The first-order valence-electron chi connectivity index (χ1n) is 8.95. The molecule has 0 aliphatic heterocycles. The van der Waals surface area contributed by atoms with E-state index in [0.717, 1.165) is 5.56 Å². The Labute approximate surface area is 163 Å². The molecule has 140 valence electrons. The maximum atomic E-state index is 12.7. The lowest BCUT2D eigenvalue weighted by Gasteiger charge is -2.24. The molecule has 0 fully saturated rings. The summed E-state index contributed by atoms with van der Waals surface area (Å²) in [6.45, 7) is 4.54. The number of aromatic amines is 1. The molecule has 0 aliphatic carbocycles. The lowest BCUT2D eigenvalue weighted by Crippen LogP contribution is -2.36. The molecule has 0 bridgehead atoms. The van der Waals surface area contributed by atoms with Gasteiger partial charge in [-0.1, -0.05) is 49.7 Å². The molecular formula is C21H22ClN3O2. The summed E-state index contributed by atoms with van der Waals surface area (Å²) in [4.78, 5) is 34.0. The fourth-order valence-corrected chi connectivity index (χ4v) is 3.06. The van der Waals surface area contributed by atoms with Crippen LogP contribution in [-0.2, 0) is 17.8 Å². The van der Waals surface area contributed by atoms with Crippen molar-refractivity contribution in [2.24, 2.45) is 5.92 Å². The Bertz CT molecular complexity index is 996. The first kappa shape index (κ1) is 19.1. The van der Waals surface area contributed by atoms with Crippen LogP contribution in [0.15, 0.2) is 53.3 Å². The highest BCUT2D eigenvalue weighted by molar-refractivity contribution is 6.30. The number of hydrogen-bond acceptors (Lipinski definition) is 3. The molecule has 6 heteroatoms. The predicted octanol–water partition coefficient (Wildman–Crippen LogP) is 3.80. The van der Waals surface area contributed by atoms with Gasteiger partial charge in [-0.15, -0.1) is 0 Å². The van der Waals surface area contributed by atoms with Crippen molar-refractivity contribution in [1.82, 2.24) is 14.9 Å². The van der Waals surface area contributed by atoms with Gasteiger partial charge in [0.2, 0.25) is 5.91 Å². The number of amides is 1. The average Bonchev–Trinajstić information content (AvgIpc) is 2.66. The number of nitrogens with one attached hydrogen (secondary N) is 1. The lowest BCUT2D eigenvalue weighted by atomic mass is 10.1. The number of aromatic nitrogens is 2. The highest BCUT2D eigenvalue weighted by Gasteiger charge is 2.18. The van der Waals surface area contributed by atoms with E-state index < -0.39 is 0 Å². The first-order chi connectivity index (χ1) is 12.9. The maximum Gasteiger partial charge on any atom is 0.258 e. The van der Waals surface area contributed by atoms with Gasteiger partial charge in [0.1, 0.15) is 5.82 Å². The molecule has 5 nitrogen and oxygen atoms in total. The van der Waals surface area contributed by atoms with Gasteiger partial charge < -0.3 is 9.88 Å². The van der Waals surface area contributed by atoms with Crippen LogP contribution in [0.1, 0.15) is 25.2 Å². The van der Waals surface area contributed by atoms with E-state index in [1.165, 1.54) is 0 Å². The summed E-state index contributed by atoms with van der Waals surface area (Å²) in [6.07, 6.45) is 0.702. The quantitative estimate of drug-likeness (QED) is 0.704. The van der Waals surface area contributed by atoms with Crippen molar-refractivity contribution < 1.29 is 4.79 Å². The molecule has 1 N–H and O–H groups in total. The van der Waals surface area contributed by atoms with Gasteiger partial charge in [-0.05, 0) is 36.2 Å². The molecular weight excluding hydrogens is 362 g/mol. The van der Waals surface area contributed by atoms with Gasteiger partial charge in [-0.3, -0.25) is 9.59 Å². The SMILES string of the molecule is CC(C)C(=O)N(CCc1ccc(Cl)cc1)Cc1nc2ccccc2c(=O)[nH]1. The molecule has 0 saturated carbocycles. The summed E-state index contributed by atoms with van der Waals surface area (Å²) >= 11 is 5.93. The van der Waals surface area contributed by atoms with Crippen molar-refractivity contribution >= 4 is 28.4 Å². The summed E-state index contributed by atoms with van der Waals surface area (Å²) in [6, 6.07) is 14.8. The normalized spacial score (nSPS) is 11.1. The number of hydrogen-bond donors (Lipinski definition) is 1. The number of benzene rings is 2. The summed E-state index contributed by atoms with van der Waals surface area (Å²) in [7, 11) is 0. The Morgan fingerprint density at radius 3 is 2.56 bits per heavy atom. The Morgan fingerprint density at radius 2 is 1.85 bits per heavy atom. The molecule has 1 heterocycles. The highest BCUT2D eigenvalue weighted by Crippen LogP contribution is 2.13. The monoisotopic (exact) mass is 383 g/mol. The molecule has 0 spiro atoms. The molecule has 2 aromatic carbocycles. The molecule has 1 aromatic heterocycles. The Hall–Kier alpha value is -2.66. The highest BCUT2D eigenvalue weighted by atomic mass is 35.5. The van der Waals surface area contributed by atoms with E-state index in [1.54, 1.807) is 23.1 Å². The molecule has 0 unspecified atom stereocenters. The second kappa shape index (κ2) is 8.35. The summed E-state index contributed by atoms with van der Waals surface area (Å²) < 4.78 is 0. The van der Waals surface area contributed by atoms with E-state index in [1.807, 2.05) is 44.2 Å². The Balaban J connectivity index is 1.82. The van der Waals surface area contributed by atoms with E-state index in [2.05, 4.69) is 9.97 Å². The molecule has 27 heavy (non-hydrogen) atoms. The fourth-order valence-electron chi connectivity index (χ4n) is 2.94. The summed E-state index contributed by atoms with van der Waals surface area (Å²) in [5.41, 5.74) is 1.54. The van der Waals surface area contributed by atoms with Crippen LogP contribution in [-0.4, -0.2) is 27.3 Å². The molecule has 0 aliphatic rings. The number of carbonyl (C=O) groups excluding carboxylic acids is 1. The third kappa shape index (κ3) is 4.74. The van der Waals surface area contributed by atoms with Crippen molar-refractivity contribution in [3.63, 3.8) is 0 Å². The third-order valence-corrected chi connectivity index (χ3v) is 4.64. The van der Waals surface area contributed by atoms with Crippen molar-refractivity contribution in [3.05, 3.63) is 75.3 Å². The standard InChI is InChI=1S/C21H22ClN3O2/c1-14(2)21(27)25(12-11-15-7-9-16(22)10-8-15)13-19-23-18-6-4-3-5-17(18)20(26)24-19/h3-10,14H,11-13H2,1-2H3,(H,23,24,26). The van der Waals surface area contributed by atoms with Crippen LogP contribution in [0.3, 0.4) is 0 Å². The van der Waals surface area contributed by atoms with Gasteiger partial charge in [-0.25, -0.2) is 4.98 Å². The van der Waals surface area contributed by atoms with Crippen LogP contribution >= 0.6 is 11.6 Å². The number of nitrogens with zero attached hydrogens (tertiary/aromatic N) is 2. The molecule has 0 radical (unpaired) electrons. The zero-order chi connectivity index (χ0) is 19.4. The zero-order valence-electron chi connectivity index (χ0n) is 15.4. The van der Waals surface area contributed by atoms with Crippen LogP contribution in [0.4, 0.5) is 0 Å². The molecule has 0 atom stereocenters. The third-order valence-electron chi connectivity index (χ3n) is 4.39. The number of fused-ring (bicyclic) bond motifs is 1. The molecule has 1 amide bonds. The van der Waals surface area contributed by atoms with E-state index in [0.29, 0.717) is 34.7 Å². The zero-order valence-corrected chi connectivity index (χ0v) is 16.2. The number of H-pyrrole nitrogens is 1. The van der Waals surface area contributed by atoms with Gasteiger partial charge in [0, 0.05) is 17.5 Å². The van der Waals surface area contributed by atoms with E-state index in [-0.39, 0.29) is 23.9 Å². The van der Waals surface area contributed by atoms with Crippen molar-refractivity contribution in [2.75, 3.05) is 6.54 Å². The number of carbonyl (C=O) groups is 1. The predicted molar refractivity (Wildman–Crippen MR) is 108 cm³/mol. The minimum absolute atomic E-state index is 0.0276. The van der Waals surface area contributed by atoms with Crippen molar-refractivity contribution in [3.8, 4) is 0 Å². The summed E-state index contributed by atoms with van der Waals surface area (Å²) in [5.74, 6) is 0.381. The molecule has 3 rings (SSSR count). The lowest BCUT2D eigenvalue weighted by molar-refractivity contribution is -0.135. The van der Waals surface area contributed by atoms with Crippen molar-refractivity contribution in [2.45, 2.75) is 26.8 Å². The maximum absolute atomic E-state index is 12.7. The smallest absolute Gasteiger partial charge is 0.258 e. The van der Waals surface area contributed by atoms with Gasteiger partial charge in [0.05, 0.1) is 17.4 Å². The Kier molecular flexibility index (Phi) is 5.91. The van der Waals surface area contributed by atoms with Gasteiger partial charge in [0.15, 0.2) is 0 Å². The first-order valence-corrected chi connectivity index (χ1v) is 9.33. The van der Waals surface area contributed by atoms with Gasteiger partial charge in [-0.2, -0.15) is 0 Å². The van der Waals surface area contributed by atoms with Gasteiger partial charge >= 0.3 is 0 Å². The minimum Gasteiger partial charge on any atom is -0.335 e. The number of halogens is 1. The molecule has 3 aromatic rings. The second-order valence-electron chi connectivity index (χ2n) is 6.82. The van der Waals surface area contributed by atoms with Crippen molar-refractivity contribution in [1.29, 1.82) is 0 Å². The van der Waals surface area contributed by atoms with E-state index in [4.69, 9.17) is 11.6 Å². The van der Waals surface area contributed by atoms with Crippen LogP contribution in [0, 0.1) is 5.92 Å². The number of rotatable bonds is 6. The Morgan fingerprint density at radius 1 is 1.15 bits per heavy atom. The minimum atomic E-state index is -0.190. The molecule has 0 saturated heterocycles. The summed E-state index contributed by atoms with van der Waals surface area (Å²) in [5, 5.41) is 1.23. The van der Waals surface area contributed by atoms with Crippen LogP contribution in [0.2, 0.25) is 5.02 Å². The van der Waals surface area contributed by atoms with Crippen LogP contribution in [0.25, 0.3) is 10.9 Å². The largest absolute Gasteiger partial charge is 0.335 e. The van der Waals surface area contributed by atoms with E-state index >= 15 is 0 Å². The van der Waals surface area contributed by atoms with Crippen LogP contribution in [0.5, 0.6) is 0 Å². The number of para-hydroxylation sites is 1. The fraction of sp³-hybridized carbons (Fsp3) is 0.286. The van der Waals surface area contributed by atoms with Gasteiger partial charge in [0.25, 0.3) is 5.56 Å². The second-order valence-corrected chi connectivity index (χ2v) is 7.26. The topological polar surface area (TPSA) is 66.1 Å². The van der Waals surface area contributed by atoms with Crippen LogP contribution < -0.4 is 5.56 Å².